The van der Waals surface area contributed by atoms with Crippen molar-refractivity contribution in [2.75, 3.05) is 0 Å². The van der Waals surface area contributed by atoms with Crippen LogP contribution < -0.4 is 0 Å². The molecule has 0 saturated heterocycles. The molecule has 2 aromatic heterocycles. The fourth-order valence-electron chi connectivity index (χ4n) is 2.34. The van der Waals surface area contributed by atoms with Crippen LogP contribution in [0.3, 0.4) is 0 Å². The molecule has 1 unspecified atom stereocenters. The zero-order chi connectivity index (χ0) is 15.0. The molecule has 0 aliphatic carbocycles. The summed E-state index contributed by atoms with van der Waals surface area (Å²) >= 11 is 0. The number of H-pyrrole nitrogens is 1. The standard InChI is InChI=1S/C13H11FN4O3/c14-11-3-1-2-7(17-11)12(19)18-5-9-8(15-6-16-9)4-10(18)13(20)21/h1-3,6,10H,4-5H2,(H,15,16)(H,20,21). The van der Waals surface area contributed by atoms with Crippen molar-refractivity contribution < 1.29 is 19.1 Å². The first-order valence-corrected chi connectivity index (χ1v) is 6.23. The summed E-state index contributed by atoms with van der Waals surface area (Å²) in [4.78, 5) is 35.3. The molecular weight excluding hydrogens is 279 g/mol. The van der Waals surface area contributed by atoms with Crippen molar-refractivity contribution in [1.29, 1.82) is 0 Å². The maximum Gasteiger partial charge on any atom is 0.326 e. The molecule has 0 radical (unpaired) electrons. The van der Waals surface area contributed by atoms with E-state index in [1.54, 1.807) is 0 Å². The number of hydrogen-bond acceptors (Lipinski definition) is 4. The number of aromatic amines is 1. The van der Waals surface area contributed by atoms with Gasteiger partial charge in [0.05, 0.1) is 24.3 Å². The Morgan fingerprint density at radius 1 is 1.43 bits per heavy atom. The lowest BCUT2D eigenvalue weighted by Crippen LogP contribution is -2.49. The fourth-order valence-corrected chi connectivity index (χ4v) is 2.34. The van der Waals surface area contributed by atoms with Crippen molar-refractivity contribution in [2.45, 2.75) is 19.0 Å². The van der Waals surface area contributed by atoms with E-state index in [4.69, 9.17) is 0 Å². The van der Waals surface area contributed by atoms with E-state index in [0.29, 0.717) is 11.4 Å². The number of rotatable bonds is 2. The molecule has 0 fully saturated rings. The second kappa shape index (κ2) is 4.97. The van der Waals surface area contributed by atoms with Gasteiger partial charge in [0.1, 0.15) is 11.7 Å². The number of carbonyl (C=O) groups excluding carboxylic acids is 1. The smallest absolute Gasteiger partial charge is 0.326 e. The highest BCUT2D eigenvalue weighted by Gasteiger charge is 2.36. The molecule has 3 rings (SSSR count). The molecule has 2 aromatic rings. The first kappa shape index (κ1) is 13.2. The molecule has 0 spiro atoms. The van der Waals surface area contributed by atoms with Crippen LogP contribution in [-0.4, -0.2) is 42.9 Å². The first-order valence-electron chi connectivity index (χ1n) is 6.23. The number of pyridine rings is 1. The van der Waals surface area contributed by atoms with E-state index in [2.05, 4.69) is 15.0 Å². The van der Waals surface area contributed by atoms with Gasteiger partial charge < -0.3 is 15.0 Å². The lowest BCUT2D eigenvalue weighted by atomic mass is 10.0. The van der Waals surface area contributed by atoms with Crippen molar-refractivity contribution >= 4 is 11.9 Å². The number of carbonyl (C=O) groups is 2. The summed E-state index contributed by atoms with van der Waals surface area (Å²) in [7, 11) is 0. The normalized spacial score (nSPS) is 17.4. The zero-order valence-corrected chi connectivity index (χ0v) is 10.8. The van der Waals surface area contributed by atoms with Crippen LogP contribution in [-0.2, 0) is 17.8 Å². The number of aliphatic carboxylic acids is 1. The Balaban J connectivity index is 1.95. The number of hydrogen-bond donors (Lipinski definition) is 2. The van der Waals surface area contributed by atoms with Crippen molar-refractivity contribution in [3.8, 4) is 0 Å². The van der Waals surface area contributed by atoms with E-state index in [-0.39, 0.29) is 18.7 Å². The molecular formula is C13H11FN4O3. The number of carboxylic acid groups (broad SMARTS) is 1. The molecule has 2 N–H and O–H groups in total. The number of amides is 1. The molecule has 7 nitrogen and oxygen atoms in total. The summed E-state index contributed by atoms with van der Waals surface area (Å²) in [6.07, 6.45) is 1.56. The minimum Gasteiger partial charge on any atom is -0.480 e. The van der Waals surface area contributed by atoms with Gasteiger partial charge in [-0.15, -0.1) is 0 Å². The second-order valence-corrected chi connectivity index (χ2v) is 4.66. The Labute approximate surface area is 118 Å². The van der Waals surface area contributed by atoms with E-state index in [1.807, 2.05) is 0 Å². The van der Waals surface area contributed by atoms with Crippen LogP contribution in [0.5, 0.6) is 0 Å². The highest BCUT2D eigenvalue weighted by molar-refractivity contribution is 5.95. The number of halogens is 1. The van der Waals surface area contributed by atoms with Gasteiger partial charge >= 0.3 is 5.97 Å². The number of nitrogens with zero attached hydrogens (tertiary/aromatic N) is 3. The Morgan fingerprint density at radius 3 is 2.95 bits per heavy atom. The lowest BCUT2D eigenvalue weighted by molar-refractivity contribution is -0.142. The largest absolute Gasteiger partial charge is 0.480 e. The number of fused-ring (bicyclic) bond motifs is 1. The van der Waals surface area contributed by atoms with Crippen molar-refractivity contribution in [1.82, 2.24) is 19.9 Å². The molecule has 1 aliphatic heterocycles. The van der Waals surface area contributed by atoms with Crippen LogP contribution in [0.15, 0.2) is 24.5 Å². The molecule has 0 saturated carbocycles. The zero-order valence-electron chi connectivity index (χ0n) is 10.8. The number of imidazole rings is 1. The van der Waals surface area contributed by atoms with E-state index in [0.717, 1.165) is 11.0 Å². The summed E-state index contributed by atoms with van der Waals surface area (Å²) in [6.45, 7) is 0.0727. The minimum atomic E-state index is -1.13. The summed E-state index contributed by atoms with van der Waals surface area (Å²) < 4.78 is 13.1. The molecule has 0 bridgehead atoms. The van der Waals surface area contributed by atoms with Gasteiger partial charge in [0.25, 0.3) is 5.91 Å². The van der Waals surface area contributed by atoms with Crippen molar-refractivity contribution in [2.24, 2.45) is 0 Å². The van der Waals surface area contributed by atoms with E-state index < -0.39 is 23.9 Å². The molecule has 1 atom stereocenters. The SMILES string of the molecule is O=C(O)C1Cc2nc[nH]c2CN1C(=O)c1cccc(F)n1. The van der Waals surface area contributed by atoms with Crippen molar-refractivity contribution in [3.05, 3.63) is 47.6 Å². The van der Waals surface area contributed by atoms with E-state index in [1.165, 1.54) is 18.5 Å². The number of carboxylic acids is 1. The average Bonchev–Trinajstić information content (AvgIpc) is 2.92. The third kappa shape index (κ3) is 2.35. The van der Waals surface area contributed by atoms with E-state index >= 15 is 0 Å². The van der Waals surface area contributed by atoms with Crippen LogP contribution >= 0.6 is 0 Å². The molecule has 1 aliphatic rings. The maximum absolute atomic E-state index is 13.1. The van der Waals surface area contributed by atoms with Crippen LogP contribution in [0.1, 0.15) is 21.9 Å². The fraction of sp³-hybridized carbons (Fsp3) is 0.231. The predicted molar refractivity (Wildman–Crippen MR) is 67.8 cm³/mol. The average molecular weight is 290 g/mol. The monoisotopic (exact) mass is 290 g/mol. The quantitative estimate of drug-likeness (QED) is 0.789. The van der Waals surface area contributed by atoms with Gasteiger partial charge in [-0.2, -0.15) is 4.39 Å². The third-order valence-electron chi connectivity index (χ3n) is 3.38. The van der Waals surface area contributed by atoms with Gasteiger partial charge in [-0.25, -0.2) is 14.8 Å². The first-order chi connectivity index (χ1) is 10.1. The van der Waals surface area contributed by atoms with Gasteiger partial charge in [-0.05, 0) is 12.1 Å². The molecule has 8 heteroatoms. The topological polar surface area (TPSA) is 99.2 Å². The Bertz CT molecular complexity index is 715. The van der Waals surface area contributed by atoms with Gasteiger partial charge in [0.2, 0.25) is 5.95 Å². The molecule has 108 valence electrons. The summed E-state index contributed by atoms with van der Waals surface area (Å²) in [5.74, 6) is -2.54. The van der Waals surface area contributed by atoms with Crippen LogP contribution in [0, 0.1) is 5.95 Å². The third-order valence-corrected chi connectivity index (χ3v) is 3.38. The van der Waals surface area contributed by atoms with Crippen LogP contribution in [0.25, 0.3) is 0 Å². The highest BCUT2D eigenvalue weighted by Crippen LogP contribution is 2.22. The van der Waals surface area contributed by atoms with Gasteiger partial charge in [-0.1, -0.05) is 6.07 Å². The lowest BCUT2D eigenvalue weighted by Gasteiger charge is -2.32. The van der Waals surface area contributed by atoms with E-state index in [9.17, 15) is 19.1 Å². The van der Waals surface area contributed by atoms with Gasteiger partial charge in [0.15, 0.2) is 0 Å². The Morgan fingerprint density at radius 2 is 2.24 bits per heavy atom. The second-order valence-electron chi connectivity index (χ2n) is 4.66. The van der Waals surface area contributed by atoms with Gasteiger partial charge in [0, 0.05) is 6.42 Å². The molecule has 3 heterocycles. The molecule has 1 amide bonds. The highest BCUT2D eigenvalue weighted by atomic mass is 19.1. The Kier molecular flexibility index (Phi) is 3.13. The number of aromatic nitrogens is 3. The van der Waals surface area contributed by atoms with Gasteiger partial charge in [-0.3, -0.25) is 4.79 Å². The minimum absolute atomic E-state index is 0.0727. The Hall–Kier alpha value is -2.77. The van der Waals surface area contributed by atoms with Crippen LogP contribution in [0.4, 0.5) is 4.39 Å². The predicted octanol–water partition coefficient (Wildman–Crippen LogP) is 0.595. The summed E-state index contributed by atoms with van der Waals surface area (Å²) in [5, 5.41) is 9.30. The number of nitrogens with one attached hydrogen (secondary N) is 1. The maximum atomic E-state index is 13.1. The van der Waals surface area contributed by atoms with Crippen LogP contribution in [0.2, 0.25) is 0 Å². The molecule has 21 heavy (non-hydrogen) atoms. The summed E-state index contributed by atoms with van der Waals surface area (Å²) in [5.41, 5.74) is 1.18. The molecule has 0 aromatic carbocycles. The summed E-state index contributed by atoms with van der Waals surface area (Å²) in [6, 6.07) is 2.79. The van der Waals surface area contributed by atoms with Crippen molar-refractivity contribution in [3.63, 3.8) is 0 Å².